The van der Waals surface area contributed by atoms with Crippen LogP contribution in [0.5, 0.6) is 0 Å². The maximum atomic E-state index is 5.41. The van der Waals surface area contributed by atoms with Crippen LogP contribution < -0.4 is 5.32 Å². The van der Waals surface area contributed by atoms with Crippen molar-refractivity contribution < 1.29 is 4.74 Å². The molecule has 3 heteroatoms. The summed E-state index contributed by atoms with van der Waals surface area (Å²) in [5.41, 5.74) is 0. The molecular weight excluding hydrogens is 200 g/mol. The van der Waals surface area contributed by atoms with Gasteiger partial charge in [0.2, 0.25) is 0 Å². The first-order chi connectivity index (χ1) is 7.66. The molecule has 16 heavy (non-hydrogen) atoms. The average molecular weight is 226 g/mol. The van der Waals surface area contributed by atoms with E-state index in [9.17, 15) is 0 Å². The average Bonchev–Trinajstić information content (AvgIpc) is 2.84. The van der Waals surface area contributed by atoms with E-state index in [-0.39, 0.29) is 0 Å². The lowest BCUT2D eigenvalue weighted by Gasteiger charge is -2.21. The lowest BCUT2D eigenvalue weighted by Crippen LogP contribution is -2.39. The summed E-state index contributed by atoms with van der Waals surface area (Å²) in [7, 11) is 0. The number of ether oxygens (including phenoxy) is 1. The summed E-state index contributed by atoms with van der Waals surface area (Å²) in [4.78, 5) is 2.58. The quantitative estimate of drug-likeness (QED) is 0.783. The summed E-state index contributed by atoms with van der Waals surface area (Å²) >= 11 is 0. The molecule has 3 unspecified atom stereocenters. The maximum Gasteiger partial charge on any atom is 0.0507 e. The molecule has 0 aromatic rings. The molecule has 0 amide bonds. The Morgan fingerprint density at radius 1 is 1.38 bits per heavy atom. The zero-order valence-corrected chi connectivity index (χ0v) is 10.9. The Morgan fingerprint density at radius 3 is 2.75 bits per heavy atom. The largest absolute Gasteiger partial charge is 0.381 e. The van der Waals surface area contributed by atoms with Gasteiger partial charge in [-0.05, 0) is 32.1 Å². The molecule has 2 rings (SSSR count). The van der Waals surface area contributed by atoms with Gasteiger partial charge in [-0.15, -0.1) is 0 Å². The van der Waals surface area contributed by atoms with Crippen molar-refractivity contribution in [2.75, 3.05) is 32.8 Å². The second-order valence-corrected chi connectivity index (χ2v) is 5.77. The first-order valence-corrected chi connectivity index (χ1v) is 6.72. The van der Waals surface area contributed by atoms with E-state index >= 15 is 0 Å². The third-order valence-electron chi connectivity index (χ3n) is 4.06. The van der Waals surface area contributed by atoms with E-state index in [2.05, 4.69) is 31.0 Å². The summed E-state index contributed by atoms with van der Waals surface area (Å²) in [5, 5.41) is 3.74. The molecule has 2 heterocycles. The maximum absolute atomic E-state index is 5.41. The molecule has 2 saturated heterocycles. The van der Waals surface area contributed by atoms with E-state index in [1.807, 2.05) is 0 Å². The van der Waals surface area contributed by atoms with Crippen LogP contribution in [0.25, 0.3) is 0 Å². The first kappa shape index (κ1) is 12.3. The number of nitrogens with one attached hydrogen (secondary N) is 1. The van der Waals surface area contributed by atoms with E-state index in [1.54, 1.807) is 0 Å². The van der Waals surface area contributed by atoms with Crippen molar-refractivity contribution in [3.8, 4) is 0 Å². The van der Waals surface area contributed by atoms with Crippen molar-refractivity contribution in [3.63, 3.8) is 0 Å². The topological polar surface area (TPSA) is 24.5 Å². The van der Waals surface area contributed by atoms with Crippen molar-refractivity contribution in [2.45, 2.75) is 39.3 Å². The lowest BCUT2D eigenvalue weighted by atomic mass is 10.0. The van der Waals surface area contributed by atoms with Crippen LogP contribution in [0, 0.1) is 11.8 Å². The molecular formula is C13H26N2O. The monoisotopic (exact) mass is 226 g/mol. The molecule has 0 aliphatic carbocycles. The number of hydrogen-bond acceptors (Lipinski definition) is 3. The first-order valence-electron chi connectivity index (χ1n) is 6.72. The van der Waals surface area contributed by atoms with Gasteiger partial charge in [-0.3, -0.25) is 4.90 Å². The van der Waals surface area contributed by atoms with E-state index < -0.39 is 0 Å². The van der Waals surface area contributed by atoms with Gasteiger partial charge in [-0.1, -0.05) is 6.92 Å². The highest BCUT2D eigenvalue weighted by Gasteiger charge is 2.31. The molecule has 94 valence electrons. The molecule has 1 N–H and O–H groups in total. The van der Waals surface area contributed by atoms with Gasteiger partial charge in [0.1, 0.15) is 0 Å². The Bertz CT molecular complexity index is 214. The molecule has 2 aliphatic rings. The molecule has 0 bridgehead atoms. The number of hydrogen-bond donors (Lipinski definition) is 1. The summed E-state index contributed by atoms with van der Waals surface area (Å²) in [6.07, 6.45) is 1.24. The highest BCUT2D eigenvalue weighted by molar-refractivity contribution is 4.88. The van der Waals surface area contributed by atoms with Gasteiger partial charge in [0.15, 0.2) is 0 Å². The number of nitrogens with zero attached hydrogens (tertiary/aromatic N) is 1. The molecule has 0 saturated carbocycles. The standard InChI is InChI=1S/C13H26N2O/c1-10(2)15-7-11(3)13(8-15)14-6-12-4-5-16-9-12/h10-14H,4-9H2,1-3H3. The summed E-state index contributed by atoms with van der Waals surface area (Å²) < 4.78 is 5.41. The van der Waals surface area contributed by atoms with Crippen LogP contribution in [0.2, 0.25) is 0 Å². The van der Waals surface area contributed by atoms with Gasteiger partial charge in [-0.2, -0.15) is 0 Å². The Balaban J connectivity index is 1.72. The van der Waals surface area contributed by atoms with E-state index in [1.165, 1.54) is 19.5 Å². The van der Waals surface area contributed by atoms with Gasteiger partial charge in [-0.25, -0.2) is 0 Å². The molecule has 2 aliphatic heterocycles. The van der Waals surface area contributed by atoms with E-state index in [0.717, 1.165) is 31.6 Å². The zero-order chi connectivity index (χ0) is 11.5. The van der Waals surface area contributed by atoms with Crippen LogP contribution in [0.4, 0.5) is 0 Å². The third kappa shape index (κ3) is 2.96. The lowest BCUT2D eigenvalue weighted by molar-refractivity contribution is 0.184. The smallest absolute Gasteiger partial charge is 0.0507 e. The summed E-state index contributed by atoms with van der Waals surface area (Å²) in [6, 6.07) is 1.37. The minimum absolute atomic E-state index is 0.683. The highest BCUT2D eigenvalue weighted by atomic mass is 16.5. The summed E-state index contributed by atoms with van der Waals surface area (Å²) in [5.74, 6) is 1.53. The van der Waals surface area contributed by atoms with Crippen molar-refractivity contribution in [3.05, 3.63) is 0 Å². The minimum atomic E-state index is 0.683. The molecule has 0 aromatic carbocycles. The second-order valence-electron chi connectivity index (χ2n) is 5.77. The van der Waals surface area contributed by atoms with Gasteiger partial charge in [0, 0.05) is 38.3 Å². The number of likely N-dealkylation sites (tertiary alicyclic amines) is 1. The van der Waals surface area contributed by atoms with Gasteiger partial charge >= 0.3 is 0 Å². The predicted octanol–water partition coefficient (Wildman–Crippen LogP) is 1.34. The summed E-state index contributed by atoms with van der Waals surface area (Å²) in [6.45, 7) is 12.5. The van der Waals surface area contributed by atoms with Crippen molar-refractivity contribution in [1.82, 2.24) is 10.2 Å². The molecule has 0 radical (unpaired) electrons. The Hall–Kier alpha value is -0.120. The molecule has 0 spiro atoms. The van der Waals surface area contributed by atoms with E-state index in [4.69, 9.17) is 4.74 Å². The van der Waals surface area contributed by atoms with Crippen LogP contribution in [-0.4, -0.2) is 49.8 Å². The van der Waals surface area contributed by atoms with Crippen molar-refractivity contribution in [1.29, 1.82) is 0 Å². The fourth-order valence-corrected chi connectivity index (χ4v) is 2.75. The fraction of sp³-hybridized carbons (Fsp3) is 1.00. The SMILES string of the molecule is CC1CN(C(C)C)CC1NCC1CCOC1. The highest BCUT2D eigenvalue weighted by Crippen LogP contribution is 2.19. The Labute approximate surface area is 99.5 Å². The van der Waals surface area contributed by atoms with Crippen molar-refractivity contribution >= 4 is 0 Å². The van der Waals surface area contributed by atoms with Gasteiger partial charge in [0.05, 0.1) is 6.61 Å². The van der Waals surface area contributed by atoms with Crippen LogP contribution in [0.15, 0.2) is 0 Å². The fourth-order valence-electron chi connectivity index (χ4n) is 2.75. The second kappa shape index (κ2) is 5.48. The van der Waals surface area contributed by atoms with Gasteiger partial charge < -0.3 is 10.1 Å². The van der Waals surface area contributed by atoms with E-state index in [0.29, 0.717) is 12.1 Å². The molecule has 3 atom stereocenters. The van der Waals surface area contributed by atoms with Crippen LogP contribution in [0.1, 0.15) is 27.2 Å². The van der Waals surface area contributed by atoms with Crippen LogP contribution in [-0.2, 0) is 4.74 Å². The zero-order valence-electron chi connectivity index (χ0n) is 10.9. The normalized spacial score (nSPS) is 36.4. The van der Waals surface area contributed by atoms with Crippen molar-refractivity contribution in [2.24, 2.45) is 11.8 Å². The predicted molar refractivity (Wildman–Crippen MR) is 66.6 cm³/mol. The molecule has 3 nitrogen and oxygen atoms in total. The Kier molecular flexibility index (Phi) is 4.22. The van der Waals surface area contributed by atoms with Crippen LogP contribution >= 0.6 is 0 Å². The Morgan fingerprint density at radius 2 is 2.19 bits per heavy atom. The third-order valence-corrected chi connectivity index (χ3v) is 4.06. The minimum Gasteiger partial charge on any atom is -0.381 e. The van der Waals surface area contributed by atoms with Crippen LogP contribution in [0.3, 0.4) is 0 Å². The van der Waals surface area contributed by atoms with Gasteiger partial charge in [0.25, 0.3) is 0 Å². The number of rotatable bonds is 4. The molecule has 0 aromatic heterocycles. The molecule has 2 fully saturated rings.